The summed E-state index contributed by atoms with van der Waals surface area (Å²) in [6.45, 7) is -0.0567. The van der Waals surface area contributed by atoms with Crippen LogP contribution in [0.3, 0.4) is 0 Å². The molecule has 0 unspecified atom stereocenters. The minimum absolute atomic E-state index is 0.0567. The minimum atomic E-state index is -0.142. The predicted molar refractivity (Wildman–Crippen MR) is 88.9 cm³/mol. The van der Waals surface area contributed by atoms with Gasteiger partial charge in [-0.05, 0) is 35.9 Å². The molecule has 0 aromatic heterocycles. The van der Waals surface area contributed by atoms with Crippen LogP contribution in [0.1, 0.15) is 15.9 Å². The van der Waals surface area contributed by atoms with E-state index in [4.69, 9.17) is 26.3 Å². The molecule has 0 saturated heterocycles. The molecule has 0 aliphatic heterocycles. The molecule has 0 N–H and O–H groups in total. The van der Waals surface area contributed by atoms with Crippen LogP contribution in [0.4, 0.5) is 0 Å². The second-order valence-corrected chi connectivity index (χ2v) is 5.00. The van der Waals surface area contributed by atoms with Crippen LogP contribution in [0, 0.1) is 11.3 Å². The first kappa shape index (κ1) is 16.6. The highest BCUT2D eigenvalue weighted by Gasteiger charge is 2.06. The Labute approximate surface area is 139 Å². The van der Waals surface area contributed by atoms with E-state index >= 15 is 0 Å². The summed E-state index contributed by atoms with van der Waals surface area (Å²) in [6.07, 6.45) is 3.15. The van der Waals surface area contributed by atoms with E-state index < -0.39 is 0 Å². The van der Waals surface area contributed by atoms with Crippen molar-refractivity contribution in [3.05, 3.63) is 64.7 Å². The van der Waals surface area contributed by atoms with Gasteiger partial charge in [-0.15, -0.1) is 0 Å². The van der Waals surface area contributed by atoms with Gasteiger partial charge in [0.1, 0.15) is 6.07 Å². The van der Waals surface area contributed by atoms with E-state index in [0.717, 1.165) is 5.56 Å². The summed E-state index contributed by atoms with van der Waals surface area (Å²) in [7, 11) is 1.51. The molecule has 0 aliphatic rings. The van der Waals surface area contributed by atoms with Crippen molar-refractivity contribution in [2.75, 3.05) is 13.7 Å². The molecule has 0 bridgehead atoms. The summed E-state index contributed by atoms with van der Waals surface area (Å²) in [5.41, 5.74) is 1.30. The Balaban J connectivity index is 2.16. The third-order valence-electron chi connectivity index (χ3n) is 3.02. The molecular formula is C18H14ClNO3. The number of rotatable bonds is 6. The number of carbonyl (C=O) groups is 1. The average molecular weight is 328 g/mol. The van der Waals surface area contributed by atoms with Crippen molar-refractivity contribution in [1.29, 1.82) is 5.26 Å². The zero-order valence-corrected chi connectivity index (χ0v) is 13.2. The fourth-order valence-corrected chi connectivity index (χ4v) is 2.12. The first-order valence-corrected chi connectivity index (χ1v) is 7.17. The first-order chi connectivity index (χ1) is 11.1. The number of nitriles is 1. The monoisotopic (exact) mass is 327 g/mol. The summed E-state index contributed by atoms with van der Waals surface area (Å²) in [6, 6.07) is 13.9. The molecule has 0 radical (unpaired) electrons. The second-order valence-electron chi connectivity index (χ2n) is 4.57. The van der Waals surface area contributed by atoms with Gasteiger partial charge in [0.25, 0.3) is 0 Å². The molecule has 4 nitrogen and oxygen atoms in total. The molecule has 2 aromatic carbocycles. The summed E-state index contributed by atoms with van der Waals surface area (Å²) in [5, 5.41) is 9.06. The summed E-state index contributed by atoms with van der Waals surface area (Å²) in [4.78, 5) is 12.1. The van der Waals surface area contributed by atoms with E-state index in [-0.39, 0.29) is 12.4 Å². The lowest BCUT2D eigenvalue weighted by atomic mass is 10.1. The lowest BCUT2D eigenvalue weighted by Gasteiger charge is -2.08. The average Bonchev–Trinajstić information content (AvgIpc) is 2.58. The van der Waals surface area contributed by atoms with Crippen LogP contribution in [0.25, 0.3) is 6.08 Å². The van der Waals surface area contributed by atoms with Crippen molar-refractivity contribution in [1.82, 2.24) is 0 Å². The molecule has 0 aliphatic carbocycles. The lowest BCUT2D eigenvalue weighted by molar-refractivity contribution is 0.104. The van der Waals surface area contributed by atoms with Gasteiger partial charge >= 0.3 is 0 Å². The van der Waals surface area contributed by atoms with Gasteiger partial charge in [-0.25, -0.2) is 0 Å². The maximum absolute atomic E-state index is 12.1. The molecule has 0 fully saturated rings. The molecule has 2 aromatic rings. The Kier molecular flexibility index (Phi) is 5.79. The van der Waals surface area contributed by atoms with E-state index in [2.05, 4.69) is 0 Å². The maximum atomic E-state index is 12.1. The Morgan fingerprint density at radius 3 is 2.78 bits per heavy atom. The third-order valence-corrected chi connectivity index (χ3v) is 3.25. The van der Waals surface area contributed by atoms with Crippen molar-refractivity contribution < 1.29 is 14.3 Å². The number of ether oxygens (including phenoxy) is 2. The molecule has 0 atom stereocenters. The van der Waals surface area contributed by atoms with Crippen molar-refractivity contribution in [3.63, 3.8) is 0 Å². The largest absolute Gasteiger partial charge is 0.493 e. The summed E-state index contributed by atoms with van der Waals surface area (Å²) in [5.74, 6) is 0.834. The molecule has 5 heteroatoms. The lowest BCUT2D eigenvalue weighted by Crippen LogP contribution is -1.97. The van der Waals surface area contributed by atoms with Crippen LogP contribution in [0.5, 0.6) is 11.5 Å². The molecule has 116 valence electrons. The fourth-order valence-electron chi connectivity index (χ4n) is 1.93. The summed E-state index contributed by atoms with van der Waals surface area (Å²) >= 11 is 5.88. The van der Waals surface area contributed by atoms with E-state index in [1.54, 1.807) is 48.5 Å². The first-order valence-electron chi connectivity index (χ1n) is 6.80. The topological polar surface area (TPSA) is 59.3 Å². The SMILES string of the molecule is COc1cc(/C=C/C(=O)c2cccc(Cl)c2)ccc1OCC#N. The number of nitrogens with zero attached hydrogens (tertiary/aromatic N) is 1. The Morgan fingerprint density at radius 1 is 1.26 bits per heavy atom. The standard InChI is InChI=1S/C18H14ClNO3/c1-22-18-11-13(6-8-17(18)23-10-9-20)5-7-16(21)14-3-2-4-15(19)12-14/h2-8,11-12H,10H2,1H3/b7-5+. The van der Waals surface area contributed by atoms with Gasteiger partial charge in [0.05, 0.1) is 7.11 Å². The van der Waals surface area contributed by atoms with Gasteiger partial charge in [0.15, 0.2) is 23.9 Å². The van der Waals surface area contributed by atoms with Gasteiger partial charge in [-0.2, -0.15) is 5.26 Å². The predicted octanol–water partition coefficient (Wildman–Crippen LogP) is 4.15. The smallest absolute Gasteiger partial charge is 0.185 e. The van der Waals surface area contributed by atoms with Gasteiger partial charge < -0.3 is 9.47 Å². The molecule has 0 heterocycles. The molecule has 0 spiro atoms. The van der Waals surface area contributed by atoms with E-state index in [0.29, 0.717) is 22.1 Å². The number of methoxy groups -OCH3 is 1. The highest BCUT2D eigenvalue weighted by molar-refractivity contribution is 6.31. The van der Waals surface area contributed by atoms with Crippen LogP contribution in [0.15, 0.2) is 48.5 Å². The Morgan fingerprint density at radius 2 is 2.09 bits per heavy atom. The fraction of sp³-hybridized carbons (Fsp3) is 0.111. The quantitative estimate of drug-likeness (QED) is 0.591. The maximum Gasteiger partial charge on any atom is 0.185 e. The number of benzene rings is 2. The van der Waals surface area contributed by atoms with Crippen LogP contribution in [0.2, 0.25) is 5.02 Å². The van der Waals surface area contributed by atoms with Crippen molar-refractivity contribution in [3.8, 4) is 17.6 Å². The highest BCUT2D eigenvalue weighted by Crippen LogP contribution is 2.28. The Bertz CT molecular complexity index is 778. The minimum Gasteiger partial charge on any atom is -0.493 e. The molecule has 0 saturated carbocycles. The zero-order valence-electron chi connectivity index (χ0n) is 12.5. The van der Waals surface area contributed by atoms with Crippen LogP contribution in [-0.2, 0) is 0 Å². The third kappa shape index (κ3) is 4.60. The molecule has 0 amide bonds. The molecule has 23 heavy (non-hydrogen) atoms. The number of halogens is 1. The molecular weight excluding hydrogens is 314 g/mol. The zero-order chi connectivity index (χ0) is 16.7. The molecule has 2 rings (SSSR count). The van der Waals surface area contributed by atoms with Crippen molar-refractivity contribution >= 4 is 23.5 Å². The van der Waals surface area contributed by atoms with E-state index in [1.807, 2.05) is 6.07 Å². The number of carbonyl (C=O) groups excluding carboxylic acids is 1. The van der Waals surface area contributed by atoms with E-state index in [1.165, 1.54) is 13.2 Å². The normalized spacial score (nSPS) is 10.3. The highest BCUT2D eigenvalue weighted by atomic mass is 35.5. The number of hydrogen-bond acceptors (Lipinski definition) is 4. The van der Waals surface area contributed by atoms with Gasteiger partial charge in [-0.3, -0.25) is 4.79 Å². The number of hydrogen-bond donors (Lipinski definition) is 0. The Hall–Kier alpha value is -2.77. The van der Waals surface area contributed by atoms with Crippen molar-refractivity contribution in [2.24, 2.45) is 0 Å². The van der Waals surface area contributed by atoms with Crippen LogP contribution < -0.4 is 9.47 Å². The van der Waals surface area contributed by atoms with E-state index in [9.17, 15) is 4.79 Å². The van der Waals surface area contributed by atoms with Gasteiger partial charge in [0.2, 0.25) is 0 Å². The van der Waals surface area contributed by atoms with Crippen LogP contribution in [-0.4, -0.2) is 19.5 Å². The van der Waals surface area contributed by atoms with Crippen LogP contribution >= 0.6 is 11.6 Å². The number of ketones is 1. The van der Waals surface area contributed by atoms with Gasteiger partial charge in [-0.1, -0.05) is 35.9 Å². The second kappa shape index (κ2) is 8.02. The van der Waals surface area contributed by atoms with Gasteiger partial charge in [0, 0.05) is 10.6 Å². The van der Waals surface area contributed by atoms with Crippen molar-refractivity contribution in [2.45, 2.75) is 0 Å². The number of allylic oxidation sites excluding steroid dienone is 1. The summed E-state index contributed by atoms with van der Waals surface area (Å²) < 4.78 is 10.5.